The summed E-state index contributed by atoms with van der Waals surface area (Å²) in [5.41, 5.74) is 0. The van der Waals surface area contributed by atoms with Gasteiger partial charge in [-0.1, -0.05) is 0 Å². The van der Waals surface area contributed by atoms with Gasteiger partial charge in [0.2, 0.25) is 5.91 Å². The first kappa shape index (κ1) is 15.3. The van der Waals surface area contributed by atoms with E-state index in [9.17, 15) is 9.59 Å². The van der Waals surface area contributed by atoms with Gasteiger partial charge in [0.15, 0.2) is 0 Å². The predicted molar refractivity (Wildman–Crippen MR) is 73.3 cm³/mol. The molecule has 1 aliphatic heterocycles. The smallest absolute Gasteiger partial charge is 0.306 e. The molecule has 0 aromatic heterocycles. The molecule has 0 spiro atoms. The van der Waals surface area contributed by atoms with Crippen molar-refractivity contribution in [3.8, 4) is 0 Å². The Morgan fingerprint density at radius 2 is 2.00 bits per heavy atom. The molecule has 1 saturated carbocycles. The largest absolute Gasteiger partial charge is 0.481 e. The molecule has 1 amide bonds. The monoisotopic (exact) mass is 284 g/mol. The number of ether oxygens (including phenoxy) is 1. The number of carbonyl (C=O) groups excluding carboxylic acids is 1. The third-order valence-corrected chi connectivity index (χ3v) is 4.50. The highest BCUT2D eigenvalue weighted by molar-refractivity contribution is 5.82. The van der Waals surface area contributed by atoms with Crippen LogP contribution in [-0.2, 0) is 14.3 Å². The normalized spacial score (nSPS) is 33.9. The summed E-state index contributed by atoms with van der Waals surface area (Å²) in [6.07, 6.45) is 4.06. The lowest BCUT2D eigenvalue weighted by Gasteiger charge is -2.26. The summed E-state index contributed by atoms with van der Waals surface area (Å²) in [6, 6.07) is -0.157. The molecule has 1 aliphatic carbocycles. The number of carboxylic acids is 1. The van der Waals surface area contributed by atoms with E-state index in [-0.39, 0.29) is 24.0 Å². The Morgan fingerprint density at radius 1 is 1.30 bits per heavy atom. The van der Waals surface area contributed by atoms with Crippen molar-refractivity contribution in [3.05, 3.63) is 0 Å². The van der Waals surface area contributed by atoms with Gasteiger partial charge in [0.1, 0.15) is 0 Å². The molecule has 3 N–H and O–H groups in total. The maximum atomic E-state index is 12.0. The first-order valence-electron chi connectivity index (χ1n) is 7.36. The number of amides is 1. The Kier molecular flexibility index (Phi) is 5.37. The number of methoxy groups -OCH3 is 1. The van der Waals surface area contributed by atoms with Crippen LogP contribution in [0.1, 0.15) is 32.1 Å². The summed E-state index contributed by atoms with van der Waals surface area (Å²) in [5.74, 6) is -0.437. The van der Waals surface area contributed by atoms with Crippen molar-refractivity contribution in [2.45, 2.75) is 44.2 Å². The average Bonchev–Trinajstić information content (AvgIpc) is 2.94. The van der Waals surface area contributed by atoms with E-state index in [0.29, 0.717) is 18.9 Å². The Balaban J connectivity index is 1.66. The lowest BCUT2D eigenvalue weighted by molar-refractivity contribution is -0.143. The van der Waals surface area contributed by atoms with Crippen molar-refractivity contribution in [3.63, 3.8) is 0 Å². The van der Waals surface area contributed by atoms with Gasteiger partial charge in [-0.15, -0.1) is 0 Å². The van der Waals surface area contributed by atoms with E-state index in [1.54, 1.807) is 7.11 Å². The Bertz CT molecular complexity index is 353. The number of hydrogen-bond donors (Lipinski definition) is 3. The molecule has 6 nitrogen and oxygen atoms in total. The van der Waals surface area contributed by atoms with E-state index in [4.69, 9.17) is 9.84 Å². The van der Waals surface area contributed by atoms with Gasteiger partial charge >= 0.3 is 5.97 Å². The van der Waals surface area contributed by atoms with Crippen molar-refractivity contribution >= 4 is 11.9 Å². The van der Waals surface area contributed by atoms with Crippen molar-refractivity contribution in [1.82, 2.24) is 10.6 Å². The summed E-state index contributed by atoms with van der Waals surface area (Å²) in [6.45, 7) is 1.37. The summed E-state index contributed by atoms with van der Waals surface area (Å²) in [5, 5.41) is 15.1. The zero-order chi connectivity index (χ0) is 14.5. The molecule has 0 aromatic carbocycles. The third kappa shape index (κ3) is 3.93. The molecule has 0 radical (unpaired) electrons. The molecule has 2 fully saturated rings. The second-order valence-electron chi connectivity index (χ2n) is 5.86. The molecular weight excluding hydrogens is 260 g/mol. The van der Waals surface area contributed by atoms with E-state index in [1.165, 1.54) is 0 Å². The highest BCUT2D eigenvalue weighted by Gasteiger charge is 2.30. The first-order valence-corrected chi connectivity index (χ1v) is 7.36. The Hall–Kier alpha value is -1.14. The average molecular weight is 284 g/mol. The van der Waals surface area contributed by atoms with Crippen LogP contribution in [0.2, 0.25) is 0 Å². The third-order valence-electron chi connectivity index (χ3n) is 4.50. The van der Waals surface area contributed by atoms with E-state index in [2.05, 4.69) is 10.6 Å². The summed E-state index contributed by atoms with van der Waals surface area (Å²) in [4.78, 5) is 22.9. The number of carbonyl (C=O) groups is 2. The fourth-order valence-corrected chi connectivity index (χ4v) is 3.06. The Morgan fingerprint density at radius 3 is 2.55 bits per heavy atom. The van der Waals surface area contributed by atoms with Crippen LogP contribution in [0.4, 0.5) is 0 Å². The number of aliphatic carboxylic acids is 1. The van der Waals surface area contributed by atoms with Crippen molar-refractivity contribution < 1.29 is 19.4 Å². The van der Waals surface area contributed by atoms with Crippen LogP contribution in [0.3, 0.4) is 0 Å². The lowest BCUT2D eigenvalue weighted by atomic mass is 9.82. The highest BCUT2D eigenvalue weighted by atomic mass is 16.5. The fraction of sp³-hybridized carbons (Fsp3) is 0.857. The van der Waals surface area contributed by atoms with Crippen LogP contribution >= 0.6 is 0 Å². The quantitative estimate of drug-likeness (QED) is 0.679. The minimum absolute atomic E-state index is 0.0323. The number of hydrogen-bond acceptors (Lipinski definition) is 4. The minimum atomic E-state index is -0.687. The molecule has 2 aliphatic rings. The van der Waals surface area contributed by atoms with Crippen LogP contribution in [0.5, 0.6) is 0 Å². The number of rotatable bonds is 5. The summed E-state index contributed by atoms with van der Waals surface area (Å²) in [7, 11) is 1.66. The molecule has 2 atom stereocenters. The molecule has 114 valence electrons. The first-order chi connectivity index (χ1) is 9.60. The van der Waals surface area contributed by atoms with E-state index in [1.807, 2.05) is 0 Å². The van der Waals surface area contributed by atoms with Gasteiger partial charge in [0, 0.05) is 20.2 Å². The van der Waals surface area contributed by atoms with E-state index in [0.717, 1.165) is 32.2 Å². The van der Waals surface area contributed by atoms with Crippen LogP contribution in [0.15, 0.2) is 0 Å². The topological polar surface area (TPSA) is 87.7 Å². The van der Waals surface area contributed by atoms with Gasteiger partial charge in [-0.3, -0.25) is 9.59 Å². The van der Waals surface area contributed by atoms with Gasteiger partial charge in [0.25, 0.3) is 0 Å². The second kappa shape index (κ2) is 7.04. The van der Waals surface area contributed by atoms with Crippen LogP contribution in [0, 0.1) is 11.8 Å². The molecule has 20 heavy (non-hydrogen) atoms. The molecule has 1 heterocycles. The summed E-state index contributed by atoms with van der Waals surface area (Å²) < 4.78 is 5.22. The Labute approximate surface area is 119 Å². The fourth-order valence-electron chi connectivity index (χ4n) is 3.06. The SMILES string of the molecule is COC1CNC(C(=O)NCC2CCC(C(=O)O)CC2)C1. The maximum Gasteiger partial charge on any atom is 0.306 e. The molecule has 1 saturated heterocycles. The lowest BCUT2D eigenvalue weighted by Crippen LogP contribution is -2.42. The zero-order valence-corrected chi connectivity index (χ0v) is 11.9. The van der Waals surface area contributed by atoms with Gasteiger partial charge in [0.05, 0.1) is 18.1 Å². The molecular formula is C14H24N2O4. The molecule has 6 heteroatoms. The van der Waals surface area contributed by atoms with Crippen LogP contribution in [-0.4, -0.2) is 49.3 Å². The maximum absolute atomic E-state index is 12.0. The van der Waals surface area contributed by atoms with Gasteiger partial charge < -0.3 is 20.5 Å². The van der Waals surface area contributed by atoms with E-state index >= 15 is 0 Å². The molecule has 0 aromatic rings. The molecule has 0 bridgehead atoms. The van der Waals surface area contributed by atoms with Crippen molar-refractivity contribution in [2.24, 2.45) is 11.8 Å². The summed E-state index contributed by atoms with van der Waals surface area (Å²) >= 11 is 0. The number of carboxylic acid groups (broad SMARTS) is 1. The van der Waals surface area contributed by atoms with Crippen LogP contribution in [0.25, 0.3) is 0 Å². The van der Waals surface area contributed by atoms with Crippen LogP contribution < -0.4 is 10.6 Å². The zero-order valence-electron chi connectivity index (χ0n) is 11.9. The minimum Gasteiger partial charge on any atom is -0.481 e. The van der Waals surface area contributed by atoms with Crippen molar-refractivity contribution in [2.75, 3.05) is 20.2 Å². The molecule has 2 rings (SSSR count). The van der Waals surface area contributed by atoms with Gasteiger partial charge in [-0.05, 0) is 38.0 Å². The van der Waals surface area contributed by atoms with E-state index < -0.39 is 5.97 Å². The van der Waals surface area contributed by atoms with Gasteiger partial charge in [-0.2, -0.15) is 0 Å². The standard InChI is InChI=1S/C14H24N2O4/c1-20-11-6-12(15-8-11)13(17)16-7-9-2-4-10(5-3-9)14(18)19/h9-12,15H,2-8H2,1H3,(H,16,17)(H,18,19). The molecule has 2 unspecified atom stereocenters. The highest BCUT2D eigenvalue weighted by Crippen LogP contribution is 2.28. The van der Waals surface area contributed by atoms with Gasteiger partial charge in [-0.25, -0.2) is 0 Å². The predicted octanol–water partition coefficient (Wildman–Crippen LogP) is 0.370. The number of nitrogens with one attached hydrogen (secondary N) is 2. The second-order valence-corrected chi connectivity index (χ2v) is 5.86. The van der Waals surface area contributed by atoms with Crippen molar-refractivity contribution in [1.29, 1.82) is 0 Å².